The maximum Gasteiger partial charge on any atom is 0.256 e. The lowest BCUT2D eigenvalue weighted by Crippen LogP contribution is -2.31. The van der Waals surface area contributed by atoms with Gasteiger partial charge in [-0.25, -0.2) is 13.8 Å². The Morgan fingerprint density at radius 2 is 2.00 bits per heavy atom. The SMILES string of the molecule is C=CCC1CCC(CCNC(=O)c2cn(-c3ccc(F)cc3F)c3nc(N(C)C)ccc3c2=O)C1. The molecule has 2 aromatic heterocycles. The second-order valence-corrected chi connectivity index (χ2v) is 9.39. The van der Waals surface area contributed by atoms with Crippen LogP contribution in [0, 0.1) is 23.5 Å². The van der Waals surface area contributed by atoms with Gasteiger partial charge in [0.1, 0.15) is 23.0 Å². The number of nitrogens with one attached hydrogen (secondary N) is 1. The molecule has 0 saturated heterocycles. The number of nitrogens with zero attached hydrogens (tertiary/aromatic N) is 3. The van der Waals surface area contributed by atoms with Gasteiger partial charge < -0.3 is 10.2 Å². The zero-order valence-electron chi connectivity index (χ0n) is 20.1. The van der Waals surface area contributed by atoms with Crippen LogP contribution in [0.4, 0.5) is 14.6 Å². The molecule has 184 valence electrons. The number of carbonyl (C=O) groups excluding carboxylic acids is 1. The smallest absolute Gasteiger partial charge is 0.256 e. The number of aromatic nitrogens is 2. The van der Waals surface area contributed by atoms with Crippen molar-refractivity contribution in [2.75, 3.05) is 25.5 Å². The molecule has 8 heteroatoms. The lowest BCUT2D eigenvalue weighted by atomic mass is 9.99. The predicted octanol–water partition coefficient (Wildman–Crippen LogP) is 4.84. The van der Waals surface area contributed by atoms with Crippen LogP contribution in [-0.4, -0.2) is 36.1 Å². The fourth-order valence-electron chi connectivity index (χ4n) is 4.84. The summed E-state index contributed by atoms with van der Waals surface area (Å²) in [7, 11) is 3.59. The van der Waals surface area contributed by atoms with Crippen molar-refractivity contribution in [1.29, 1.82) is 0 Å². The molecule has 2 heterocycles. The predicted molar refractivity (Wildman–Crippen MR) is 134 cm³/mol. The number of pyridine rings is 2. The van der Waals surface area contributed by atoms with Gasteiger partial charge in [0.2, 0.25) is 5.43 Å². The quantitative estimate of drug-likeness (QED) is 0.469. The van der Waals surface area contributed by atoms with Gasteiger partial charge in [0.15, 0.2) is 5.65 Å². The van der Waals surface area contributed by atoms with Crippen LogP contribution in [-0.2, 0) is 0 Å². The van der Waals surface area contributed by atoms with Crippen LogP contribution >= 0.6 is 0 Å². The number of halogens is 2. The van der Waals surface area contributed by atoms with Crippen molar-refractivity contribution >= 4 is 22.8 Å². The Bertz CT molecular complexity index is 1320. The van der Waals surface area contributed by atoms with E-state index >= 15 is 0 Å². The molecule has 1 aliphatic rings. The Hall–Kier alpha value is -3.55. The Kier molecular flexibility index (Phi) is 7.28. The van der Waals surface area contributed by atoms with E-state index in [4.69, 9.17) is 0 Å². The van der Waals surface area contributed by atoms with Crippen LogP contribution in [0.3, 0.4) is 0 Å². The van der Waals surface area contributed by atoms with E-state index in [1.807, 2.05) is 6.08 Å². The average molecular weight is 481 g/mol. The number of benzene rings is 1. The van der Waals surface area contributed by atoms with E-state index < -0.39 is 23.0 Å². The zero-order chi connectivity index (χ0) is 25.1. The van der Waals surface area contributed by atoms with Gasteiger partial charge >= 0.3 is 0 Å². The molecule has 1 N–H and O–H groups in total. The van der Waals surface area contributed by atoms with Crippen LogP contribution in [0.2, 0.25) is 0 Å². The number of hydrogen-bond donors (Lipinski definition) is 1. The summed E-state index contributed by atoms with van der Waals surface area (Å²) in [6.45, 7) is 4.26. The van der Waals surface area contributed by atoms with E-state index in [0.717, 1.165) is 37.8 Å². The van der Waals surface area contributed by atoms with Gasteiger partial charge in [-0.3, -0.25) is 14.2 Å². The van der Waals surface area contributed by atoms with Crippen molar-refractivity contribution in [2.45, 2.75) is 32.1 Å². The molecule has 1 saturated carbocycles. The zero-order valence-corrected chi connectivity index (χ0v) is 20.1. The molecule has 3 aromatic rings. The molecule has 0 spiro atoms. The first kappa shape index (κ1) is 24.6. The minimum atomic E-state index is -0.825. The highest BCUT2D eigenvalue weighted by Gasteiger charge is 2.24. The third kappa shape index (κ3) is 5.26. The Labute approximate surface area is 203 Å². The summed E-state index contributed by atoms with van der Waals surface area (Å²) >= 11 is 0. The normalized spacial score (nSPS) is 17.5. The molecule has 0 bridgehead atoms. The van der Waals surface area contributed by atoms with Gasteiger partial charge in [0.05, 0.1) is 11.1 Å². The van der Waals surface area contributed by atoms with Gasteiger partial charge in [-0.2, -0.15) is 0 Å². The van der Waals surface area contributed by atoms with Gasteiger partial charge in [-0.1, -0.05) is 12.5 Å². The van der Waals surface area contributed by atoms with Crippen LogP contribution in [0.15, 0.2) is 54.0 Å². The molecule has 35 heavy (non-hydrogen) atoms. The van der Waals surface area contributed by atoms with Gasteiger partial charge in [0, 0.05) is 32.9 Å². The first-order valence-corrected chi connectivity index (χ1v) is 11.9. The topological polar surface area (TPSA) is 67.2 Å². The van der Waals surface area contributed by atoms with Crippen LogP contribution in [0.25, 0.3) is 16.7 Å². The Morgan fingerprint density at radius 1 is 1.23 bits per heavy atom. The second kappa shape index (κ2) is 10.4. The molecule has 4 rings (SSSR count). The third-order valence-corrected chi connectivity index (χ3v) is 6.70. The summed E-state index contributed by atoms with van der Waals surface area (Å²) < 4.78 is 29.6. The second-order valence-electron chi connectivity index (χ2n) is 9.39. The minimum Gasteiger partial charge on any atom is -0.363 e. The van der Waals surface area contributed by atoms with Crippen molar-refractivity contribution in [3.63, 3.8) is 0 Å². The number of rotatable bonds is 8. The van der Waals surface area contributed by atoms with E-state index in [9.17, 15) is 18.4 Å². The van der Waals surface area contributed by atoms with Crippen molar-refractivity contribution in [2.24, 2.45) is 11.8 Å². The minimum absolute atomic E-state index is 0.00641. The number of amides is 1. The first-order valence-electron chi connectivity index (χ1n) is 11.9. The highest BCUT2D eigenvalue weighted by atomic mass is 19.1. The third-order valence-electron chi connectivity index (χ3n) is 6.70. The molecule has 1 amide bonds. The van der Waals surface area contributed by atoms with Gasteiger partial charge in [-0.05, 0) is 61.8 Å². The summed E-state index contributed by atoms with van der Waals surface area (Å²) in [5.41, 5.74) is -0.423. The van der Waals surface area contributed by atoms with E-state index in [1.165, 1.54) is 23.3 Å². The highest BCUT2D eigenvalue weighted by Crippen LogP contribution is 2.34. The van der Waals surface area contributed by atoms with E-state index in [-0.39, 0.29) is 22.3 Å². The summed E-state index contributed by atoms with van der Waals surface area (Å²) in [5, 5.41) is 3.03. The van der Waals surface area contributed by atoms with Crippen LogP contribution in [0.5, 0.6) is 0 Å². The monoisotopic (exact) mass is 480 g/mol. The lowest BCUT2D eigenvalue weighted by molar-refractivity contribution is 0.0950. The summed E-state index contributed by atoms with van der Waals surface area (Å²) in [4.78, 5) is 32.5. The lowest BCUT2D eigenvalue weighted by Gasteiger charge is -2.17. The first-order chi connectivity index (χ1) is 16.8. The average Bonchev–Trinajstić information content (AvgIpc) is 3.27. The van der Waals surface area contributed by atoms with Crippen LogP contribution < -0.4 is 15.6 Å². The van der Waals surface area contributed by atoms with Gasteiger partial charge in [0.25, 0.3) is 5.91 Å². The largest absolute Gasteiger partial charge is 0.363 e. The van der Waals surface area contributed by atoms with Gasteiger partial charge in [-0.15, -0.1) is 6.58 Å². The van der Waals surface area contributed by atoms with Crippen molar-refractivity contribution in [1.82, 2.24) is 14.9 Å². The number of fused-ring (bicyclic) bond motifs is 1. The molecule has 1 fully saturated rings. The van der Waals surface area contributed by atoms with E-state index in [1.54, 1.807) is 31.1 Å². The van der Waals surface area contributed by atoms with Crippen LogP contribution in [0.1, 0.15) is 42.5 Å². The standard InChI is InChI=1S/C27H30F2N4O2/c1-4-5-17-6-7-18(14-17)12-13-30-27(35)21-16-33(23-10-8-19(28)15-22(23)29)26-20(25(21)34)9-11-24(31-26)32(2)3/h4,8-11,15-18H,1,5-7,12-14H2,2-3H3,(H,30,35). The van der Waals surface area contributed by atoms with E-state index in [0.29, 0.717) is 24.2 Å². The van der Waals surface area contributed by atoms with Crippen molar-refractivity contribution in [3.8, 4) is 5.69 Å². The molecular formula is C27H30F2N4O2. The fourth-order valence-corrected chi connectivity index (χ4v) is 4.84. The maximum atomic E-state index is 14.7. The highest BCUT2D eigenvalue weighted by molar-refractivity contribution is 5.97. The molecule has 1 aliphatic carbocycles. The summed E-state index contributed by atoms with van der Waals surface area (Å²) in [5.74, 6) is -0.323. The summed E-state index contributed by atoms with van der Waals surface area (Å²) in [6, 6.07) is 6.39. The number of allylic oxidation sites excluding steroid dienone is 1. The van der Waals surface area contributed by atoms with E-state index in [2.05, 4.69) is 16.9 Å². The van der Waals surface area contributed by atoms with Crippen molar-refractivity contribution < 1.29 is 13.6 Å². The molecule has 2 atom stereocenters. The van der Waals surface area contributed by atoms with Crippen molar-refractivity contribution in [3.05, 3.63) is 76.6 Å². The number of carbonyl (C=O) groups is 1. The number of hydrogen-bond acceptors (Lipinski definition) is 4. The Balaban J connectivity index is 1.66. The molecule has 0 aliphatic heterocycles. The summed E-state index contributed by atoms with van der Waals surface area (Å²) in [6.07, 6.45) is 8.52. The molecule has 2 unspecified atom stereocenters. The molecule has 0 radical (unpaired) electrons. The maximum absolute atomic E-state index is 14.7. The molecule has 6 nitrogen and oxygen atoms in total. The Morgan fingerprint density at radius 3 is 2.71 bits per heavy atom. The molecule has 1 aromatic carbocycles. The molecular weight excluding hydrogens is 450 g/mol. The fraction of sp³-hybridized carbons (Fsp3) is 0.370. The number of anilines is 1.